The smallest absolute Gasteiger partial charge is 0.260 e. The van der Waals surface area contributed by atoms with Crippen LogP contribution in [0.4, 0.5) is 26.3 Å². The molecule has 0 spiro atoms. The van der Waals surface area contributed by atoms with Crippen LogP contribution in [0, 0.1) is 22.7 Å². The van der Waals surface area contributed by atoms with E-state index in [0.29, 0.717) is 6.08 Å². The molecule has 0 rings (SSSR count). The highest BCUT2D eigenvalue weighted by Crippen LogP contribution is 2.25. The predicted octanol–water partition coefficient (Wildman–Crippen LogP) is 1.98. The number of nitriles is 2. The largest absolute Gasteiger partial charge is 0.536 e. The van der Waals surface area contributed by atoms with Gasteiger partial charge in [0.2, 0.25) is 0 Å². The van der Waals surface area contributed by atoms with Crippen molar-refractivity contribution in [3.63, 3.8) is 0 Å². The molecule has 0 bridgehead atoms. The van der Waals surface area contributed by atoms with E-state index in [4.69, 9.17) is 10.5 Å². The van der Waals surface area contributed by atoms with E-state index >= 15 is 0 Å². The predicted molar refractivity (Wildman–Crippen MR) is 81.1 cm³/mol. The monoisotopic (exact) mass is 468 g/mol. The topological polar surface area (TPSA) is 159 Å². The van der Waals surface area contributed by atoms with E-state index in [0.717, 1.165) is 25.1 Å². The normalized spacial score (nSPS) is 15.0. The van der Waals surface area contributed by atoms with Crippen molar-refractivity contribution in [2.45, 2.75) is 17.9 Å². The van der Waals surface area contributed by atoms with Gasteiger partial charge in [-0.25, -0.2) is 0 Å². The van der Waals surface area contributed by atoms with Crippen LogP contribution in [-0.4, -0.2) is 39.3 Å². The van der Waals surface area contributed by atoms with Gasteiger partial charge in [-0.15, -0.1) is 0 Å². The highest BCUT2D eigenvalue weighted by molar-refractivity contribution is 7.87. The second-order valence-electron chi connectivity index (χ2n) is 4.30. The molecule has 0 amide bonds. The average Bonchev–Trinajstić information content (AvgIpc) is 2.56. The highest BCUT2D eigenvalue weighted by Gasteiger charge is 2.49. The number of hydrogen-bond donors (Lipinski definition) is 0. The van der Waals surface area contributed by atoms with E-state index in [1.54, 1.807) is 0 Å². The molecule has 160 valence electrons. The quantitative estimate of drug-likeness (QED) is 0.180. The van der Waals surface area contributed by atoms with Crippen molar-refractivity contribution < 1.29 is 51.7 Å². The fraction of sp³-hybridized carbons (Fsp3) is 0.273. The van der Waals surface area contributed by atoms with Crippen LogP contribution in [0.25, 0.3) is 0 Å². The Labute approximate surface area is 158 Å². The summed E-state index contributed by atoms with van der Waals surface area (Å²) in [5.41, 5.74) is -13.9. The van der Waals surface area contributed by atoms with Crippen LogP contribution in [0.5, 0.6) is 0 Å². The molecule has 0 aliphatic rings. The fourth-order valence-corrected chi connectivity index (χ4v) is 1.41. The molecular formula is C11H6F6N4O6S2. The second kappa shape index (κ2) is 9.39. The number of alkyl halides is 6. The van der Waals surface area contributed by atoms with E-state index in [1.807, 2.05) is 0 Å². The lowest BCUT2D eigenvalue weighted by Gasteiger charge is -2.04. The molecule has 29 heavy (non-hydrogen) atoms. The molecule has 0 saturated heterocycles. The molecule has 0 aliphatic carbocycles. The van der Waals surface area contributed by atoms with Crippen LogP contribution in [0.3, 0.4) is 0 Å². The molecule has 0 radical (unpaired) electrons. The van der Waals surface area contributed by atoms with Gasteiger partial charge in [0.1, 0.15) is 12.1 Å². The van der Waals surface area contributed by atoms with Gasteiger partial charge in [0.15, 0.2) is 11.4 Å². The van der Waals surface area contributed by atoms with Gasteiger partial charge >= 0.3 is 31.3 Å². The summed E-state index contributed by atoms with van der Waals surface area (Å²) >= 11 is 0. The van der Waals surface area contributed by atoms with Gasteiger partial charge in [-0.1, -0.05) is 22.5 Å². The van der Waals surface area contributed by atoms with Crippen molar-refractivity contribution in [1.29, 1.82) is 10.5 Å². The molecule has 0 N–H and O–H groups in total. The summed E-state index contributed by atoms with van der Waals surface area (Å²) in [6.45, 7) is 1.03. The molecule has 0 aliphatic heterocycles. The van der Waals surface area contributed by atoms with Crippen molar-refractivity contribution >= 4 is 31.7 Å². The molecular weight excluding hydrogens is 462 g/mol. The average molecular weight is 468 g/mol. The minimum atomic E-state index is -6.12. The van der Waals surface area contributed by atoms with Gasteiger partial charge in [0, 0.05) is 0 Å². The SMILES string of the molecule is C/C(=C\C=C\C(C#N)=NOS(=O)(=O)C(F)(F)F)C(C#N)=NOS(=O)(=O)C(F)(F)F. The summed E-state index contributed by atoms with van der Waals surface area (Å²) in [6.07, 6.45) is 2.21. The molecule has 0 saturated carbocycles. The Morgan fingerprint density at radius 1 is 0.897 bits per heavy atom. The number of hydrogen-bond acceptors (Lipinski definition) is 10. The maximum absolute atomic E-state index is 12.1. The third kappa shape index (κ3) is 7.79. The molecule has 0 heterocycles. The Morgan fingerprint density at radius 2 is 1.34 bits per heavy atom. The van der Waals surface area contributed by atoms with Crippen LogP contribution in [0.1, 0.15) is 6.92 Å². The Morgan fingerprint density at radius 3 is 1.72 bits per heavy atom. The maximum atomic E-state index is 12.1. The number of rotatable bonds is 7. The van der Waals surface area contributed by atoms with Crippen LogP contribution < -0.4 is 0 Å². The van der Waals surface area contributed by atoms with Crippen molar-refractivity contribution in [1.82, 2.24) is 0 Å². The molecule has 10 nitrogen and oxygen atoms in total. The summed E-state index contributed by atoms with van der Waals surface area (Å²) in [5, 5.41) is 22.3. The van der Waals surface area contributed by atoms with Crippen molar-refractivity contribution in [3.8, 4) is 12.1 Å². The van der Waals surface area contributed by atoms with Crippen LogP contribution in [0.15, 0.2) is 34.1 Å². The Balaban J connectivity index is 5.49. The van der Waals surface area contributed by atoms with Gasteiger partial charge in [-0.3, -0.25) is 8.57 Å². The van der Waals surface area contributed by atoms with Crippen LogP contribution in [-0.2, 0) is 28.8 Å². The van der Waals surface area contributed by atoms with Gasteiger partial charge in [-0.05, 0) is 18.6 Å². The van der Waals surface area contributed by atoms with Gasteiger partial charge < -0.3 is 0 Å². The first kappa shape index (κ1) is 25.9. The summed E-state index contributed by atoms with van der Waals surface area (Å²) < 4.78 is 122. The van der Waals surface area contributed by atoms with Crippen molar-refractivity contribution in [3.05, 3.63) is 23.8 Å². The zero-order valence-electron chi connectivity index (χ0n) is 13.6. The Bertz CT molecular complexity index is 1040. The van der Waals surface area contributed by atoms with Gasteiger partial charge in [0.25, 0.3) is 0 Å². The molecule has 18 heteroatoms. The minimum Gasteiger partial charge on any atom is -0.260 e. The van der Waals surface area contributed by atoms with E-state index in [-0.39, 0.29) is 5.57 Å². The molecule has 0 aromatic carbocycles. The minimum absolute atomic E-state index is 0.317. The zero-order valence-corrected chi connectivity index (χ0v) is 15.2. The zero-order chi connectivity index (χ0) is 23.1. The lowest BCUT2D eigenvalue weighted by Crippen LogP contribution is -2.24. The number of oxime groups is 2. The molecule has 0 unspecified atom stereocenters. The third-order valence-corrected chi connectivity index (χ3v) is 3.90. The Hall–Kier alpha value is -3.12. The fourth-order valence-electron chi connectivity index (χ4n) is 0.891. The first-order chi connectivity index (χ1) is 13.0. The summed E-state index contributed by atoms with van der Waals surface area (Å²) in [6, 6.07) is 2.36. The van der Waals surface area contributed by atoms with E-state index in [2.05, 4.69) is 18.9 Å². The maximum Gasteiger partial charge on any atom is 0.536 e. The molecule has 0 aromatic heterocycles. The summed E-state index contributed by atoms with van der Waals surface area (Å²) in [5.74, 6) is 0. The second-order valence-corrected chi connectivity index (χ2v) is 7.34. The first-order valence-electron chi connectivity index (χ1n) is 6.30. The summed E-state index contributed by atoms with van der Waals surface area (Å²) in [4.78, 5) is 0. The number of allylic oxidation sites excluding steroid dienone is 4. The van der Waals surface area contributed by atoms with Gasteiger partial charge in [-0.2, -0.15) is 53.7 Å². The van der Waals surface area contributed by atoms with Gasteiger partial charge in [0.05, 0.1) is 0 Å². The molecule has 0 fully saturated rings. The molecule has 0 atom stereocenters. The van der Waals surface area contributed by atoms with Crippen molar-refractivity contribution in [2.75, 3.05) is 0 Å². The molecule has 0 aromatic rings. The number of halogens is 6. The lowest BCUT2D eigenvalue weighted by atomic mass is 10.2. The van der Waals surface area contributed by atoms with E-state index < -0.39 is 42.7 Å². The van der Waals surface area contributed by atoms with Crippen LogP contribution >= 0.6 is 0 Å². The van der Waals surface area contributed by atoms with Crippen molar-refractivity contribution in [2.24, 2.45) is 10.3 Å². The van der Waals surface area contributed by atoms with E-state index in [1.165, 1.54) is 6.07 Å². The number of nitrogens with zero attached hydrogens (tertiary/aromatic N) is 4. The lowest BCUT2D eigenvalue weighted by molar-refractivity contribution is -0.0545. The summed E-state index contributed by atoms with van der Waals surface area (Å²) in [7, 11) is -12.2. The van der Waals surface area contributed by atoms with E-state index in [9.17, 15) is 43.2 Å². The first-order valence-corrected chi connectivity index (χ1v) is 9.11. The third-order valence-electron chi connectivity index (χ3n) is 2.22. The van der Waals surface area contributed by atoms with Crippen LogP contribution in [0.2, 0.25) is 0 Å². The Kier molecular flexibility index (Phi) is 8.38. The highest BCUT2D eigenvalue weighted by atomic mass is 32.2. The standard InChI is InChI=1S/C11H6F6N4O6S2/c1-7(9(6-19)21-27-29(24,25)11(15,16)17)3-2-4-8(5-18)20-26-28(22,23)10(12,13)14/h2-4H,1H3/b4-2+,7-3+,20-8?,21-9?.